The molecule has 30 heavy (non-hydrogen) atoms. The van der Waals surface area contributed by atoms with Gasteiger partial charge in [-0.15, -0.1) is 0 Å². The second-order valence-electron chi connectivity index (χ2n) is 6.31. The van der Waals surface area contributed by atoms with Gasteiger partial charge in [-0.05, 0) is 32.0 Å². The first-order valence-corrected chi connectivity index (χ1v) is 9.43. The van der Waals surface area contributed by atoms with Crippen LogP contribution < -0.4 is 5.32 Å². The summed E-state index contributed by atoms with van der Waals surface area (Å²) >= 11 is 1.00. The molecule has 3 rings (SSSR count). The molecule has 0 fully saturated rings. The Morgan fingerprint density at radius 1 is 1.33 bits per heavy atom. The number of aryl methyl sites for hydroxylation is 1. The lowest BCUT2D eigenvalue weighted by Crippen LogP contribution is -2.12. The Bertz CT molecular complexity index is 1090. The lowest BCUT2D eigenvalue weighted by Gasteiger charge is -2.07. The van der Waals surface area contributed by atoms with E-state index in [-0.39, 0.29) is 27.8 Å². The number of benzene rings is 1. The second-order valence-corrected chi connectivity index (χ2v) is 7.07. The number of hydrogen-bond acceptors (Lipinski definition) is 7. The molecule has 0 spiro atoms. The highest BCUT2D eigenvalue weighted by Gasteiger charge is 2.30. The number of rotatable bonds is 6. The first-order valence-electron chi connectivity index (χ1n) is 8.66. The van der Waals surface area contributed by atoms with Crippen LogP contribution in [0.1, 0.15) is 34.4 Å². The molecule has 0 aliphatic heterocycles. The molecular formula is C19H17F3N4O3S. The van der Waals surface area contributed by atoms with E-state index >= 15 is 0 Å². The van der Waals surface area contributed by atoms with Gasteiger partial charge in [-0.1, -0.05) is 17.3 Å². The summed E-state index contributed by atoms with van der Waals surface area (Å²) in [6.07, 6.45) is -4.11. The van der Waals surface area contributed by atoms with Crippen molar-refractivity contribution < 1.29 is 27.2 Å². The van der Waals surface area contributed by atoms with Crippen molar-refractivity contribution in [2.24, 2.45) is 5.16 Å². The van der Waals surface area contributed by atoms with E-state index in [1.807, 2.05) is 0 Å². The van der Waals surface area contributed by atoms with Crippen LogP contribution in [-0.4, -0.2) is 28.1 Å². The monoisotopic (exact) mass is 438 g/mol. The van der Waals surface area contributed by atoms with Gasteiger partial charge < -0.3 is 9.25 Å². The van der Waals surface area contributed by atoms with Crippen LogP contribution in [0, 0.1) is 6.92 Å². The number of alkyl halides is 3. The van der Waals surface area contributed by atoms with Gasteiger partial charge in [0, 0.05) is 17.1 Å². The predicted octanol–water partition coefficient (Wildman–Crippen LogP) is 4.94. The summed E-state index contributed by atoms with van der Waals surface area (Å²) < 4.78 is 48.5. The van der Waals surface area contributed by atoms with Crippen LogP contribution in [0.25, 0.3) is 11.3 Å². The van der Waals surface area contributed by atoms with Crippen molar-refractivity contribution in [3.8, 4) is 11.3 Å². The Morgan fingerprint density at radius 3 is 2.80 bits per heavy atom. The van der Waals surface area contributed by atoms with Crippen LogP contribution in [0.15, 0.2) is 39.9 Å². The molecule has 158 valence electrons. The summed E-state index contributed by atoms with van der Waals surface area (Å²) in [5, 5.41) is 6.67. The number of furan rings is 1. The summed E-state index contributed by atoms with van der Waals surface area (Å²) in [5.74, 6) is 0.405. The van der Waals surface area contributed by atoms with Gasteiger partial charge in [0.25, 0.3) is 5.91 Å². The van der Waals surface area contributed by atoms with E-state index in [2.05, 4.69) is 24.7 Å². The van der Waals surface area contributed by atoms with Gasteiger partial charge in [0.2, 0.25) is 5.13 Å². The van der Waals surface area contributed by atoms with Gasteiger partial charge in [0.05, 0.1) is 23.3 Å². The standard InChI is InChI=1S/C19H17F3N4O3S/c1-10(25-28-3)7-16-23-18(30-26-16)24-17(27)14-9-15(29-11(14)2)12-5-4-6-13(8-12)19(20,21)22/h4-6,8-9H,7H2,1-3H3,(H,23,24,26,27)/b25-10+. The molecule has 0 aliphatic carbocycles. The van der Waals surface area contributed by atoms with Crippen LogP contribution >= 0.6 is 11.5 Å². The van der Waals surface area contributed by atoms with Gasteiger partial charge in [0.15, 0.2) is 0 Å². The number of oxime groups is 1. The van der Waals surface area contributed by atoms with Gasteiger partial charge in [-0.25, -0.2) is 4.98 Å². The molecule has 2 heterocycles. The van der Waals surface area contributed by atoms with E-state index in [0.29, 0.717) is 18.0 Å². The van der Waals surface area contributed by atoms with Crippen molar-refractivity contribution in [1.29, 1.82) is 0 Å². The fourth-order valence-electron chi connectivity index (χ4n) is 2.66. The number of carbonyl (C=O) groups excluding carboxylic acids is 1. The Balaban J connectivity index is 1.77. The number of aromatic nitrogens is 2. The molecule has 0 atom stereocenters. The van der Waals surface area contributed by atoms with Crippen molar-refractivity contribution in [3.05, 3.63) is 53.0 Å². The molecule has 0 aliphatic rings. The van der Waals surface area contributed by atoms with Crippen LogP contribution in [0.5, 0.6) is 0 Å². The maximum atomic E-state index is 12.9. The molecule has 0 saturated carbocycles. The topological polar surface area (TPSA) is 89.6 Å². The molecule has 11 heteroatoms. The maximum Gasteiger partial charge on any atom is 0.416 e. The first kappa shape index (κ1) is 21.5. The van der Waals surface area contributed by atoms with Crippen LogP contribution in [-0.2, 0) is 17.4 Å². The number of anilines is 1. The molecule has 0 unspecified atom stereocenters. The summed E-state index contributed by atoms with van der Waals surface area (Å²) in [4.78, 5) is 21.5. The minimum absolute atomic E-state index is 0.160. The quantitative estimate of drug-likeness (QED) is 0.435. The van der Waals surface area contributed by atoms with Crippen LogP contribution in [0.3, 0.4) is 0 Å². The third-order valence-electron chi connectivity index (χ3n) is 3.99. The Hall–Kier alpha value is -3.21. The van der Waals surface area contributed by atoms with Crippen LogP contribution in [0.4, 0.5) is 18.3 Å². The fraction of sp³-hybridized carbons (Fsp3) is 0.263. The minimum atomic E-state index is -4.47. The van der Waals surface area contributed by atoms with E-state index in [1.165, 1.54) is 25.3 Å². The molecule has 0 saturated heterocycles. The van der Waals surface area contributed by atoms with E-state index < -0.39 is 17.6 Å². The highest BCUT2D eigenvalue weighted by molar-refractivity contribution is 7.09. The third-order valence-corrected chi connectivity index (χ3v) is 4.65. The number of nitrogens with zero attached hydrogens (tertiary/aromatic N) is 3. The molecule has 0 bridgehead atoms. The smallest absolute Gasteiger partial charge is 0.416 e. The summed E-state index contributed by atoms with van der Waals surface area (Å²) in [7, 11) is 1.44. The zero-order valence-corrected chi connectivity index (χ0v) is 17.0. The SMILES string of the molecule is CO/N=C(\C)Cc1nsc(NC(=O)c2cc(-c3cccc(C(F)(F)F)c3)oc2C)n1. The molecule has 3 aromatic rings. The summed E-state index contributed by atoms with van der Waals surface area (Å²) in [6, 6.07) is 6.11. The Morgan fingerprint density at radius 2 is 2.10 bits per heavy atom. The van der Waals surface area contributed by atoms with Crippen molar-refractivity contribution >= 4 is 28.3 Å². The molecule has 2 aromatic heterocycles. The highest BCUT2D eigenvalue weighted by Crippen LogP contribution is 2.33. The number of amides is 1. The van der Waals surface area contributed by atoms with Gasteiger partial charge in [-0.3, -0.25) is 10.1 Å². The van der Waals surface area contributed by atoms with E-state index in [0.717, 1.165) is 23.7 Å². The molecule has 0 radical (unpaired) electrons. The molecule has 1 amide bonds. The van der Waals surface area contributed by atoms with Gasteiger partial charge in [0.1, 0.15) is 24.5 Å². The fourth-order valence-corrected chi connectivity index (χ4v) is 3.24. The lowest BCUT2D eigenvalue weighted by atomic mass is 10.1. The number of nitrogens with one attached hydrogen (secondary N) is 1. The lowest BCUT2D eigenvalue weighted by molar-refractivity contribution is -0.137. The minimum Gasteiger partial charge on any atom is -0.461 e. The largest absolute Gasteiger partial charge is 0.461 e. The maximum absolute atomic E-state index is 12.9. The highest BCUT2D eigenvalue weighted by atomic mass is 32.1. The van der Waals surface area contributed by atoms with Crippen LogP contribution in [0.2, 0.25) is 0 Å². The van der Waals surface area contributed by atoms with Crippen molar-refractivity contribution in [3.63, 3.8) is 0 Å². The zero-order chi connectivity index (χ0) is 21.9. The van der Waals surface area contributed by atoms with E-state index in [4.69, 9.17) is 4.42 Å². The summed E-state index contributed by atoms with van der Waals surface area (Å²) in [5.41, 5.74) is 0.285. The Kier molecular flexibility index (Phi) is 6.20. The second kappa shape index (κ2) is 8.66. The van der Waals surface area contributed by atoms with Gasteiger partial charge >= 0.3 is 6.18 Å². The van der Waals surface area contributed by atoms with Gasteiger partial charge in [-0.2, -0.15) is 17.5 Å². The molecular weight excluding hydrogens is 421 g/mol. The number of hydrogen-bond donors (Lipinski definition) is 1. The molecule has 1 aromatic carbocycles. The predicted molar refractivity (Wildman–Crippen MR) is 106 cm³/mol. The average Bonchev–Trinajstić information content (AvgIpc) is 3.27. The van der Waals surface area contributed by atoms with Crippen molar-refractivity contribution in [1.82, 2.24) is 9.36 Å². The van der Waals surface area contributed by atoms with E-state index in [9.17, 15) is 18.0 Å². The first-order chi connectivity index (χ1) is 14.2. The number of carbonyl (C=O) groups is 1. The van der Waals surface area contributed by atoms with Crippen molar-refractivity contribution in [2.75, 3.05) is 12.4 Å². The zero-order valence-electron chi connectivity index (χ0n) is 16.2. The average molecular weight is 438 g/mol. The normalized spacial score (nSPS) is 12.1. The van der Waals surface area contributed by atoms with Crippen molar-refractivity contribution in [2.45, 2.75) is 26.4 Å². The Labute approximate surface area is 173 Å². The molecule has 7 nitrogen and oxygen atoms in total. The van der Waals surface area contributed by atoms with E-state index in [1.54, 1.807) is 13.8 Å². The third kappa shape index (κ3) is 5.03. The summed E-state index contributed by atoms with van der Waals surface area (Å²) in [6.45, 7) is 3.31. The number of halogens is 3. The molecule has 1 N–H and O–H groups in total.